The van der Waals surface area contributed by atoms with Gasteiger partial charge in [-0.1, -0.05) is 41.9 Å². The fraction of sp³-hybridized carbons (Fsp3) is 0.263. The molecule has 2 rings (SSSR count). The van der Waals surface area contributed by atoms with Gasteiger partial charge in [-0.25, -0.2) is 0 Å². The number of carbonyl (C=O) groups excluding carboxylic acids is 2. The summed E-state index contributed by atoms with van der Waals surface area (Å²) in [5, 5.41) is 0.578. The van der Waals surface area contributed by atoms with Crippen molar-refractivity contribution in [3.63, 3.8) is 0 Å². The summed E-state index contributed by atoms with van der Waals surface area (Å²) in [7, 11) is 1.35. The first kappa shape index (κ1) is 18.6. The summed E-state index contributed by atoms with van der Waals surface area (Å²) in [5.41, 5.74) is 1.75. The van der Waals surface area contributed by atoms with Gasteiger partial charge < -0.3 is 4.74 Å². The van der Waals surface area contributed by atoms with Crippen LogP contribution in [0.25, 0.3) is 0 Å². The van der Waals surface area contributed by atoms with Gasteiger partial charge in [-0.05, 0) is 29.8 Å². The second-order valence-corrected chi connectivity index (χ2v) is 6.82. The Morgan fingerprint density at radius 1 is 1.08 bits per heavy atom. The molecule has 0 aromatic heterocycles. The van der Waals surface area contributed by atoms with Gasteiger partial charge >= 0.3 is 5.97 Å². The molecule has 3 nitrogen and oxygen atoms in total. The lowest BCUT2D eigenvalue weighted by Crippen LogP contribution is -2.22. The van der Waals surface area contributed by atoms with E-state index in [2.05, 4.69) is 0 Å². The molecule has 2 aromatic rings. The number of ether oxygens (including phenoxy) is 1. The molecule has 0 fully saturated rings. The van der Waals surface area contributed by atoms with E-state index in [9.17, 15) is 9.59 Å². The van der Waals surface area contributed by atoms with Crippen LogP contribution in [-0.4, -0.2) is 24.6 Å². The summed E-state index contributed by atoms with van der Waals surface area (Å²) in [4.78, 5) is 24.3. The van der Waals surface area contributed by atoms with Crippen LogP contribution >= 0.6 is 23.4 Å². The Kier molecular flexibility index (Phi) is 7.35. The fourth-order valence-corrected chi connectivity index (χ4v) is 3.46. The van der Waals surface area contributed by atoms with E-state index in [-0.39, 0.29) is 18.2 Å². The van der Waals surface area contributed by atoms with E-state index in [0.29, 0.717) is 16.3 Å². The smallest absolute Gasteiger partial charge is 0.309 e. The number of hydrogen-bond donors (Lipinski definition) is 0. The van der Waals surface area contributed by atoms with E-state index in [1.54, 1.807) is 36.0 Å². The fourth-order valence-electron chi connectivity index (χ4n) is 2.25. The predicted octanol–water partition coefficient (Wildman–Crippen LogP) is 4.64. The van der Waals surface area contributed by atoms with Gasteiger partial charge in [0.25, 0.3) is 0 Å². The van der Waals surface area contributed by atoms with Crippen LogP contribution in [0.5, 0.6) is 0 Å². The third-order valence-corrected chi connectivity index (χ3v) is 4.99. The van der Waals surface area contributed by atoms with E-state index in [1.165, 1.54) is 12.7 Å². The third-order valence-electron chi connectivity index (χ3n) is 3.56. The lowest BCUT2D eigenvalue weighted by molar-refractivity contribution is -0.144. The molecule has 0 aliphatic rings. The lowest BCUT2D eigenvalue weighted by atomic mass is 10.00. The molecule has 0 N–H and O–H groups in total. The van der Waals surface area contributed by atoms with E-state index in [4.69, 9.17) is 16.3 Å². The molecule has 1 unspecified atom stereocenters. The highest BCUT2D eigenvalue weighted by atomic mass is 35.5. The maximum Gasteiger partial charge on any atom is 0.309 e. The molecule has 0 aliphatic heterocycles. The van der Waals surface area contributed by atoms with Gasteiger partial charge in [0.05, 0.1) is 13.0 Å². The Hall–Kier alpha value is -1.78. The van der Waals surface area contributed by atoms with Gasteiger partial charge in [0.1, 0.15) is 0 Å². The van der Waals surface area contributed by atoms with Crippen LogP contribution in [0.1, 0.15) is 22.3 Å². The van der Waals surface area contributed by atoms with Crippen LogP contribution in [0, 0.1) is 5.92 Å². The average molecular weight is 363 g/mol. The van der Waals surface area contributed by atoms with Crippen molar-refractivity contribution in [2.75, 3.05) is 12.9 Å². The largest absolute Gasteiger partial charge is 0.469 e. The van der Waals surface area contributed by atoms with Crippen molar-refractivity contribution in [2.45, 2.75) is 12.2 Å². The zero-order valence-electron chi connectivity index (χ0n) is 13.4. The molecular weight excluding hydrogens is 344 g/mol. The Bertz CT molecular complexity index is 671. The minimum Gasteiger partial charge on any atom is -0.469 e. The summed E-state index contributed by atoms with van der Waals surface area (Å²) in [6.45, 7) is 0. The minimum atomic E-state index is -0.452. The summed E-state index contributed by atoms with van der Waals surface area (Å²) < 4.78 is 4.85. The number of carbonyl (C=O) groups is 2. The summed E-state index contributed by atoms with van der Waals surface area (Å²) >= 11 is 7.46. The first-order chi connectivity index (χ1) is 11.6. The highest BCUT2D eigenvalue weighted by Crippen LogP contribution is 2.21. The first-order valence-corrected chi connectivity index (χ1v) is 9.11. The predicted molar refractivity (Wildman–Crippen MR) is 98.5 cm³/mol. The summed E-state index contributed by atoms with van der Waals surface area (Å²) in [5.74, 6) is 0.455. The number of rotatable bonds is 8. The maximum absolute atomic E-state index is 12.4. The summed E-state index contributed by atoms with van der Waals surface area (Å²) in [6, 6.07) is 16.7. The number of thioether (sulfide) groups is 1. The maximum atomic E-state index is 12.4. The quantitative estimate of drug-likeness (QED) is 0.507. The van der Waals surface area contributed by atoms with Crippen molar-refractivity contribution in [1.29, 1.82) is 0 Å². The van der Waals surface area contributed by atoms with Crippen LogP contribution in [-0.2, 0) is 15.3 Å². The number of halogens is 1. The van der Waals surface area contributed by atoms with Crippen molar-refractivity contribution >= 4 is 35.1 Å². The minimum absolute atomic E-state index is 0.0811. The normalized spacial score (nSPS) is 11.8. The highest BCUT2D eigenvalue weighted by Gasteiger charge is 2.23. The number of methoxy groups -OCH3 is 1. The Balaban J connectivity index is 1.93. The Morgan fingerprint density at radius 2 is 1.75 bits per heavy atom. The average Bonchev–Trinajstić information content (AvgIpc) is 2.61. The Morgan fingerprint density at radius 3 is 2.38 bits per heavy atom. The Labute approximate surface area is 151 Å². The van der Waals surface area contributed by atoms with E-state index >= 15 is 0 Å². The number of esters is 1. The first-order valence-electron chi connectivity index (χ1n) is 7.58. The zero-order valence-corrected chi connectivity index (χ0v) is 15.0. The van der Waals surface area contributed by atoms with E-state index in [0.717, 1.165) is 5.75 Å². The molecule has 0 heterocycles. The molecule has 0 spiro atoms. The van der Waals surface area contributed by atoms with Gasteiger partial charge in [-0.15, -0.1) is 0 Å². The van der Waals surface area contributed by atoms with Crippen LogP contribution in [0.4, 0.5) is 0 Å². The SMILES string of the molecule is COC(=O)C(CSCc1ccccc1)CC(=O)c1ccc(Cl)cc1. The molecule has 24 heavy (non-hydrogen) atoms. The van der Waals surface area contributed by atoms with Crippen molar-refractivity contribution in [3.05, 3.63) is 70.7 Å². The molecule has 0 amide bonds. The van der Waals surface area contributed by atoms with Crippen molar-refractivity contribution in [2.24, 2.45) is 5.92 Å². The van der Waals surface area contributed by atoms with Crippen LogP contribution in [0.2, 0.25) is 5.02 Å². The van der Waals surface area contributed by atoms with E-state index < -0.39 is 5.92 Å². The lowest BCUT2D eigenvalue weighted by Gasteiger charge is -2.14. The molecule has 0 saturated heterocycles. The van der Waals surface area contributed by atoms with Crippen LogP contribution < -0.4 is 0 Å². The topological polar surface area (TPSA) is 43.4 Å². The molecule has 0 bridgehead atoms. The molecule has 0 radical (unpaired) electrons. The number of ketones is 1. The van der Waals surface area contributed by atoms with Crippen molar-refractivity contribution in [3.8, 4) is 0 Å². The zero-order chi connectivity index (χ0) is 17.4. The molecule has 1 atom stereocenters. The van der Waals surface area contributed by atoms with Gasteiger partial charge in [0.2, 0.25) is 0 Å². The molecule has 0 aliphatic carbocycles. The second kappa shape index (κ2) is 9.50. The number of benzene rings is 2. The van der Waals surface area contributed by atoms with Crippen LogP contribution in [0.15, 0.2) is 54.6 Å². The van der Waals surface area contributed by atoms with Gasteiger partial charge in [-0.2, -0.15) is 11.8 Å². The third kappa shape index (κ3) is 5.69. The highest BCUT2D eigenvalue weighted by molar-refractivity contribution is 7.98. The van der Waals surface area contributed by atoms with Crippen molar-refractivity contribution in [1.82, 2.24) is 0 Å². The standard InChI is InChI=1S/C19H19ClO3S/c1-23-19(22)16(13-24-12-14-5-3-2-4-6-14)11-18(21)15-7-9-17(20)10-8-15/h2-10,16H,11-13H2,1H3. The van der Waals surface area contributed by atoms with Gasteiger partial charge in [0, 0.05) is 28.5 Å². The molecule has 0 saturated carbocycles. The monoisotopic (exact) mass is 362 g/mol. The molecular formula is C19H19ClO3S. The molecule has 126 valence electrons. The number of hydrogen-bond acceptors (Lipinski definition) is 4. The van der Waals surface area contributed by atoms with Gasteiger partial charge in [-0.3, -0.25) is 9.59 Å². The molecule has 5 heteroatoms. The van der Waals surface area contributed by atoms with E-state index in [1.807, 2.05) is 30.3 Å². The summed E-state index contributed by atoms with van der Waals surface area (Å²) in [6.07, 6.45) is 0.135. The molecule has 2 aromatic carbocycles. The van der Waals surface area contributed by atoms with Crippen LogP contribution in [0.3, 0.4) is 0 Å². The number of Topliss-reactive ketones (excluding diaryl/α,β-unsaturated/α-hetero) is 1. The van der Waals surface area contributed by atoms with Crippen molar-refractivity contribution < 1.29 is 14.3 Å². The second-order valence-electron chi connectivity index (χ2n) is 5.36. The van der Waals surface area contributed by atoms with Gasteiger partial charge in [0.15, 0.2) is 5.78 Å².